The van der Waals surface area contributed by atoms with Crippen molar-refractivity contribution >= 4 is 17.5 Å². The number of anilines is 1. The molecule has 6 heteroatoms. The molecule has 0 bridgehead atoms. The number of ether oxygens (including phenoxy) is 3. The Morgan fingerprint density at radius 1 is 1.03 bits per heavy atom. The molecule has 0 aliphatic carbocycles. The van der Waals surface area contributed by atoms with Gasteiger partial charge in [0.2, 0.25) is 0 Å². The van der Waals surface area contributed by atoms with Crippen molar-refractivity contribution in [1.82, 2.24) is 4.98 Å². The molecule has 3 aromatic rings. The van der Waals surface area contributed by atoms with E-state index in [1.54, 1.807) is 43.6 Å². The Hall–Kier alpha value is -4.58. The van der Waals surface area contributed by atoms with Crippen LogP contribution < -0.4 is 14.8 Å². The summed E-state index contributed by atoms with van der Waals surface area (Å²) in [6.07, 6.45) is 11.9. The van der Waals surface area contributed by atoms with Crippen LogP contribution in [0.2, 0.25) is 0 Å². The molecule has 0 aliphatic heterocycles. The Morgan fingerprint density at radius 2 is 1.79 bits per heavy atom. The molecule has 0 atom stereocenters. The number of allylic oxidation sites excluding steroid dienone is 4. The highest BCUT2D eigenvalue weighted by molar-refractivity contribution is 6.04. The standard InChI is InChI=1S/C32H34N2O4/c1-6-9-24(10-7-2)22-37-28-18-26(19-29(20-28)38-27-15-12-23(4)13-16-27)32(35)34-31-17-14-25(21-33-31)30(36-5)11-8-3/h6-7,9-21H,1,8,22H2,2-5H3,(H,33,34,35)/b10-7-,24-9+,30-11+. The van der Waals surface area contributed by atoms with Gasteiger partial charge in [-0.15, -0.1) is 0 Å². The molecule has 0 fully saturated rings. The number of benzene rings is 2. The van der Waals surface area contributed by atoms with E-state index < -0.39 is 0 Å². The summed E-state index contributed by atoms with van der Waals surface area (Å²) in [6, 6.07) is 16.4. The van der Waals surface area contributed by atoms with Crippen molar-refractivity contribution < 1.29 is 19.0 Å². The second kappa shape index (κ2) is 14.2. The Labute approximate surface area is 225 Å². The van der Waals surface area contributed by atoms with Gasteiger partial charge in [-0.3, -0.25) is 4.79 Å². The summed E-state index contributed by atoms with van der Waals surface area (Å²) in [5, 5.41) is 2.85. The molecule has 1 aromatic heterocycles. The maximum atomic E-state index is 13.2. The number of nitrogens with one attached hydrogen (secondary N) is 1. The summed E-state index contributed by atoms with van der Waals surface area (Å²) in [5.41, 5.74) is 3.27. The molecule has 1 heterocycles. The molecule has 0 aliphatic rings. The average Bonchev–Trinajstić information content (AvgIpc) is 2.92. The predicted molar refractivity (Wildman–Crippen MR) is 154 cm³/mol. The van der Waals surface area contributed by atoms with E-state index >= 15 is 0 Å². The third kappa shape index (κ3) is 8.23. The van der Waals surface area contributed by atoms with Crippen molar-refractivity contribution in [1.29, 1.82) is 0 Å². The van der Waals surface area contributed by atoms with Crippen LogP contribution in [0.3, 0.4) is 0 Å². The Balaban J connectivity index is 1.86. The highest BCUT2D eigenvalue weighted by Crippen LogP contribution is 2.29. The third-order valence-electron chi connectivity index (χ3n) is 5.42. The number of carbonyl (C=O) groups excluding carboxylic acids is 1. The molecule has 1 amide bonds. The van der Waals surface area contributed by atoms with Crippen LogP contribution in [0.4, 0.5) is 5.82 Å². The number of methoxy groups -OCH3 is 1. The number of nitrogens with zero attached hydrogens (tertiary/aromatic N) is 1. The van der Waals surface area contributed by atoms with Crippen molar-refractivity contribution in [2.45, 2.75) is 27.2 Å². The Bertz CT molecular complexity index is 1320. The molecule has 0 unspecified atom stereocenters. The SMILES string of the molecule is C=C/C=C(\C=C/C)COc1cc(Oc2ccc(C)cc2)cc(C(=O)Nc2ccc(/C(=C\CC)OC)cn2)c1. The lowest BCUT2D eigenvalue weighted by atomic mass is 10.1. The number of pyridine rings is 1. The van der Waals surface area contributed by atoms with Crippen molar-refractivity contribution in [2.24, 2.45) is 0 Å². The number of hydrogen-bond donors (Lipinski definition) is 1. The molecule has 6 nitrogen and oxygen atoms in total. The monoisotopic (exact) mass is 510 g/mol. The topological polar surface area (TPSA) is 69.7 Å². The van der Waals surface area contributed by atoms with Crippen LogP contribution in [0.15, 0.2) is 103 Å². The molecule has 0 saturated heterocycles. The summed E-state index contributed by atoms with van der Waals surface area (Å²) >= 11 is 0. The van der Waals surface area contributed by atoms with Crippen LogP contribution >= 0.6 is 0 Å². The van der Waals surface area contributed by atoms with Gasteiger partial charge in [-0.05, 0) is 68.3 Å². The van der Waals surface area contributed by atoms with Gasteiger partial charge in [0.05, 0.1) is 7.11 Å². The largest absolute Gasteiger partial charge is 0.496 e. The first-order valence-corrected chi connectivity index (χ1v) is 12.4. The first-order valence-electron chi connectivity index (χ1n) is 12.4. The van der Waals surface area contributed by atoms with E-state index in [1.807, 2.05) is 75.4 Å². The van der Waals surface area contributed by atoms with Crippen molar-refractivity contribution in [3.05, 3.63) is 120 Å². The first kappa shape index (κ1) is 28.0. The number of aromatic nitrogens is 1. The number of hydrogen-bond acceptors (Lipinski definition) is 5. The molecule has 196 valence electrons. The number of amides is 1. The van der Waals surface area contributed by atoms with Crippen molar-refractivity contribution in [3.8, 4) is 17.2 Å². The highest BCUT2D eigenvalue weighted by atomic mass is 16.5. The summed E-state index contributed by atoms with van der Waals surface area (Å²) in [4.78, 5) is 17.6. The van der Waals surface area contributed by atoms with Gasteiger partial charge in [-0.2, -0.15) is 0 Å². The van der Waals surface area contributed by atoms with Gasteiger partial charge in [-0.1, -0.05) is 55.5 Å². The molecule has 1 N–H and O–H groups in total. The van der Waals surface area contributed by atoms with Gasteiger partial charge < -0.3 is 19.5 Å². The van der Waals surface area contributed by atoms with Crippen LogP contribution in [0.5, 0.6) is 17.2 Å². The van der Waals surface area contributed by atoms with E-state index in [9.17, 15) is 4.79 Å². The first-order chi connectivity index (χ1) is 18.4. The molecule has 38 heavy (non-hydrogen) atoms. The van der Waals surface area contributed by atoms with Crippen LogP contribution in [0.1, 0.15) is 41.8 Å². The second-order valence-electron chi connectivity index (χ2n) is 8.44. The van der Waals surface area contributed by atoms with Gasteiger partial charge in [-0.25, -0.2) is 4.98 Å². The molecule has 0 spiro atoms. The predicted octanol–water partition coefficient (Wildman–Crippen LogP) is 7.90. The minimum atomic E-state index is -0.337. The zero-order valence-electron chi connectivity index (χ0n) is 22.4. The lowest BCUT2D eigenvalue weighted by Gasteiger charge is -2.13. The molecular formula is C32H34N2O4. The van der Waals surface area contributed by atoms with E-state index in [0.29, 0.717) is 35.2 Å². The van der Waals surface area contributed by atoms with Crippen LogP contribution in [-0.2, 0) is 4.74 Å². The van der Waals surface area contributed by atoms with Gasteiger partial charge in [0.1, 0.15) is 35.4 Å². The lowest BCUT2D eigenvalue weighted by Crippen LogP contribution is -2.13. The van der Waals surface area contributed by atoms with E-state index in [-0.39, 0.29) is 5.91 Å². The van der Waals surface area contributed by atoms with E-state index in [0.717, 1.165) is 28.9 Å². The number of rotatable bonds is 12. The normalized spacial score (nSPS) is 11.8. The fraction of sp³-hybridized carbons (Fsp3) is 0.188. The van der Waals surface area contributed by atoms with Crippen LogP contribution in [-0.4, -0.2) is 24.6 Å². The number of aryl methyl sites for hydroxylation is 1. The maximum Gasteiger partial charge on any atom is 0.257 e. The minimum Gasteiger partial charge on any atom is -0.496 e. The third-order valence-corrected chi connectivity index (χ3v) is 5.42. The van der Waals surface area contributed by atoms with Crippen LogP contribution in [0.25, 0.3) is 5.76 Å². The second-order valence-corrected chi connectivity index (χ2v) is 8.44. The van der Waals surface area contributed by atoms with E-state index in [2.05, 4.69) is 16.9 Å². The van der Waals surface area contributed by atoms with Gasteiger partial charge in [0.25, 0.3) is 5.91 Å². The average molecular weight is 511 g/mol. The molecule has 2 aromatic carbocycles. The maximum absolute atomic E-state index is 13.2. The summed E-state index contributed by atoms with van der Waals surface area (Å²) in [7, 11) is 1.62. The Morgan fingerprint density at radius 3 is 2.42 bits per heavy atom. The molecular weight excluding hydrogens is 476 g/mol. The lowest BCUT2D eigenvalue weighted by molar-refractivity contribution is 0.102. The van der Waals surface area contributed by atoms with Crippen molar-refractivity contribution in [3.63, 3.8) is 0 Å². The quantitative estimate of drug-likeness (QED) is 0.198. The smallest absolute Gasteiger partial charge is 0.257 e. The van der Waals surface area contributed by atoms with Gasteiger partial charge in [0.15, 0.2) is 0 Å². The van der Waals surface area contributed by atoms with E-state index in [1.165, 1.54) is 0 Å². The minimum absolute atomic E-state index is 0.307. The van der Waals surface area contributed by atoms with Gasteiger partial charge in [0, 0.05) is 23.4 Å². The van der Waals surface area contributed by atoms with E-state index in [4.69, 9.17) is 14.2 Å². The van der Waals surface area contributed by atoms with Crippen molar-refractivity contribution in [2.75, 3.05) is 19.0 Å². The molecule has 3 rings (SSSR count). The fourth-order valence-corrected chi connectivity index (χ4v) is 3.58. The Kier molecular flexibility index (Phi) is 10.5. The zero-order valence-corrected chi connectivity index (χ0v) is 22.4. The summed E-state index contributed by atoms with van der Waals surface area (Å²) < 4.78 is 17.5. The zero-order chi connectivity index (χ0) is 27.3. The molecule has 0 saturated carbocycles. The van der Waals surface area contributed by atoms with Gasteiger partial charge >= 0.3 is 0 Å². The highest BCUT2D eigenvalue weighted by Gasteiger charge is 2.13. The summed E-state index contributed by atoms with van der Waals surface area (Å²) in [5.74, 6) is 2.46. The molecule has 0 radical (unpaired) electrons. The summed E-state index contributed by atoms with van der Waals surface area (Å²) in [6.45, 7) is 10.0. The number of carbonyl (C=O) groups is 1. The van der Waals surface area contributed by atoms with Crippen LogP contribution in [0, 0.1) is 6.92 Å². The fourth-order valence-electron chi connectivity index (χ4n) is 3.58.